The third-order valence-electron chi connectivity index (χ3n) is 2.80. The highest BCUT2D eigenvalue weighted by Gasteiger charge is 2.46. The third kappa shape index (κ3) is 3.30. The zero-order valence-corrected chi connectivity index (χ0v) is 10.7. The summed E-state index contributed by atoms with van der Waals surface area (Å²) in [5.74, 6) is -0.277. The first-order valence-corrected chi connectivity index (χ1v) is 6.02. The molecule has 2 aliphatic rings. The van der Waals surface area contributed by atoms with Crippen molar-refractivity contribution in [3.05, 3.63) is 12.2 Å². The van der Waals surface area contributed by atoms with Crippen LogP contribution in [0.2, 0.25) is 0 Å². The van der Waals surface area contributed by atoms with Crippen LogP contribution >= 0.6 is 0 Å². The van der Waals surface area contributed by atoms with Gasteiger partial charge in [-0.25, -0.2) is 4.79 Å². The zero-order valence-electron chi connectivity index (χ0n) is 10.7. The molecule has 0 N–H and O–H groups in total. The van der Waals surface area contributed by atoms with Crippen molar-refractivity contribution in [2.24, 2.45) is 5.41 Å². The van der Waals surface area contributed by atoms with Gasteiger partial charge in [0.25, 0.3) is 0 Å². The average Bonchev–Trinajstić information content (AvgIpc) is 2.82. The number of ether oxygens (including phenoxy) is 3. The Morgan fingerprint density at radius 3 is 2.76 bits per heavy atom. The highest BCUT2D eigenvalue weighted by molar-refractivity contribution is 5.76. The lowest BCUT2D eigenvalue weighted by molar-refractivity contribution is -0.149. The van der Waals surface area contributed by atoms with Gasteiger partial charge >= 0.3 is 5.97 Å². The summed E-state index contributed by atoms with van der Waals surface area (Å²) < 4.78 is 15.8. The predicted molar refractivity (Wildman–Crippen MR) is 62.3 cm³/mol. The molecule has 0 aromatic heterocycles. The van der Waals surface area contributed by atoms with E-state index in [0.29, 0.717) is 13.0 Å². The second-order valence-corrected chi connectivity index (χ2v) is 5.90. The Hall–Kier alpha value is -0.870. The van der Waals surface area contributed by atoms with Crippen LogP contribution in [0.4, 0.5) is 0 Å². The van der Waals surface area contributed by atoms with Crippen LogP contribution in [-0.2, 0) is 19.0 Å². The van der Waals surface area contributed by atoms with E-state index < -0.39 is 6.10 Å². The van der Waals surface area contributed by atoms with E-state index in [1.54, 1.807) is 0 Å². The Balaban J connectivity index is 1.77. The number of carbonyl (C=O) groups excluding carboxylic acids is 1. The molecule has 0 aliphatic carbocycles. The molecule has 0 aromatic carbocycles. The Kier molecular flexibility index (Phi) is 3.27. The number of cyclic esters (lactones) is 1. The summed E-state index contributed by atoms with van der Waals surface area (Å²) in [6.45, 7) is 10.9. The molecule has 2 heterocycles. The topological polar surface area (TPSA) is 48.1 Å². The summed E-state index contributed by atoms with van der Waals surface area (Å²) >= 11 is 0. The van der Waals surface area contributed by atoms with Gasteiger partial charge in [-0.3, -0.25) is 0 Å². The van der Waals surface area contributed by atoms with E-state index >= 15 is 0 Å². The lowest BCUT2D eigenvalue weighted by atomic mass is 9.87. The number of epoxide rings is 1. The Bertz CT molecular complexity index is 329. The quantitative estimate of drug-likeness (QED) is 0.428. The van der Waals surface area contributed by atoms with Crippen LogP contribution in [0.25, 0.3) is 0 Å². The van der Waals surface area contributed by atoms with Crippen LogP contribution in [-0.4, -0.2) is 31.1 Å². The predicted octanol–water partition coefficient (Wildman–Crippen LogP) is 2.04. The van der Waals surface area contributed by atoms with Gasteiger partial charge in [-0.1, -0.05) is 27.4 Å². The summed E-state index contributed by atoms with van der Waals surface area (Å²) in [6.07, 6.45) is 0.708. The summed E-state index contributed by atoms with van der Waals surface area (Å²) in [7, 11) is 0. The van der Waals surface area contributed by atoms with Gasteiger partial charge in [-0.15, -0.1) is 0 Å². The van der Waals surface area contributed by atoms with Crippen molar-refractivity contribution in [2.75, 3.05) is 6.61 Å². The summed E-state index contributed by atoms with van der Waals surface area (Å²) in [4.78, 5) is 11.2. The van der Waals surface area contributed by atoms with Crippen molar-refractivity contribution in [3.63, 3.8) is 0 Å². The van der Waals surface area contributed by atoms with Crippen LogP contribution < -0.4 is 0 Å². The maximum absolute atomic E-state index is 11.2. The standard InChI is InChI=1S/C13H20O4/c1-8(7-13(2,3)4)10-12(17-10)16-9-5-6-15-11(9)14/h9-10,12H,1,5-7H2,2-4H3. The molecule has 4 nitrogen and oxygen atoms in total. The maximum Gasteiger partial charge on any atom is 0.335 e. The highest BCUT2D eigenvalue weighted by Crippen LogP contribution is 2.37. The van der Waals surface area contributed by atoms with Gasteiger partial charge in [0.1, 0.15) is 6.10 Å². The van der Waals surface area contributed by atoms with Crippen LogP contribution in [0.15, 0.2) is 12.2 Å². The largest absolute Gasteiger partial charge is 0.464 e. The fourth-order valence-electron chi connectivity index (χ4n) is 2.04. The Morgan fingerprint density at radius 1 is 1.53 bits per heavy atom. The van der Waals surface area contributed by atoms with Gasteiger partial charge in [0.15, 0.2) is 12.4 Å². The van der Waals surface area contributed by atoms with E-state index in [1.807, 2.05) is 0 Å². The van der Waals surface area contributed by atoms with Gasteiger partial charge in [0, 0.05) is 6.42 Å². The van der Waals surface area contributed by atoms with Crippen molar-refractivity contribution in [3.8, 4) is 0 Å². The van der Waals surface area contributed by atoms with Gasteiger partial charge in [-0.05, 0) is 17.4 Å². The zero-order chi connectivity index (χ0) is 12.6. The number of esters is 1. The van der Waals surface area contributed by atoms with Gasteiger partial charge in [0.2, 0.25) is 0 Å². The first-order chi connectivity index (χ1) is 7.87. The molecule has 3 unspecified atom stereocenters. The molecular formula is C13H20O4. The minimum atomic E-state index is -0.451. The summed E-state index contributed by atoms with van der Waals surface area (Å²) in [5.41, 5.74) is 1.23. The molecule has 2 fully saturated rings. The lowest BCUT2D eigenvalue weighted by Crippen LogP contribution is -2.21. The molecule has 2 saturated heterocycles. The first-order valence-electron chi connectivity index (χ1n) is 6.02. The molecular weight excluding hydrogens is 220 g/mol. The van der Waals surface area contributed by atoms with E-state index in [4.69, 9.17) is 14.2 Å². The van der Waals surface area contributed by atoms with Gasteiger partial charge in [0.05, 0.1) is 6.61 Å². The molecule has 17 heavy (non-hydrogen) atoms. The summed E-state index contributed by atoms with van der Waals surface area (Å²) in [6, 6.07) is 0. The van der Waals surface area contributed by atoms with E-state index in [2.05, 4.69) is 27.4 Å². The fourth-order valence-corrected chi connectivity index (χ4v) is 2.04. The van der Waals surface area contributed by atoms with E-state index in [-0.39, 0.29) is 23.8 Å². The molecule has 0 amide bonds. The molecule has 0 radical (unpaired) electrons. The van der Waals surface area contributed by atoms with E-state index in [0.717, 1.165) is 12.0 Å². The first kappa shape index (κ1) is 12.6. The molecule has 2 rings (SSSR count). The molecule has 0 bridgehead atoms. The second-order valence-electron chi connectivity index (χ2n) is 5.90. The smallest absolute Gasteiger partial charge is 0.335 e. The highest BCUT2D eigenvalue weighted by atomic mass is 16.8. The van der Waals surface area contributed by atoms with Crippen molar-refractivity contribution in [1.29, 1.82) is 0 Å². The molecule has 2 aliphatic heterocycles. The SMILES string of the molecule is C=C(CC(C)(C)C)C1OC1OC1CCOC1=O. The van der Waals surface area contributed by atoms with Crippen LogP contribution in [0.3, 0.4) is 0 Å². The minimum absolute atomic E-state index is 0.0531. The van der Waals surface area contributed by atoms with Crippen LogP contribution in [0.1, 0.15) is 33.6 Å². The molecule has 96 valence electrons. The number of carbonyl (C=O) groups is 1. The van der Waals surface area contributed by atoms with Crippen molar-refractivity contribution in [2.45, 2.75) is 52.1 Å². The number of hydrogen-bond acceptors (Lipinski definition) is 4. The minimum Gasteiger partial charge on any atom is -0.464 e. The Labute approximate surface area is 102 Å². The van der Waals surface area contributed by atoms with Crippen molar-refractivity contribution >= 4 is 5.97 Å². The third-order valence-corrected chi connectivity index (χ3v) is 2.80. The van der Waals surface area contributed by atoms with Crippen LogP contribution in [0, 0.1) is 5.41 Å². The van der Waals surface area contributed by atoms with E-state index in [1.165, 1.54) is 0 Å². The molecule has 0 aromatic rings. The van der Waals surface area contributed by atoms with Crippen molar-refractivity contribution in [1.82, 2.24) is 0 Å². The average molecular weight is 240 g/mol. The monoisotopic (exact) mass is 240 g/mol. The number of rotatable bonds is 4. The maximum atomic E-state index is 11.2. The molecule has 0 spiro atoms. The lowest BCUT2D eigenvalue weighted by Gasteiger charge is -2.18. The number of hydrogen-bond donors (Lipinski definition) is 0. The summed E-state index contributed by atoms with van der Waals surface area (Å²) in [5, 5.41) is 0. The second kappa shape index (κ2) is 4.42. The normalized spacial score (nSPS) is 32.4. The fraction of sp³-hybridized carbons (Fsp3) is 0.769. The van der Waals surface area contributed by atoms with Crippen LogP contribution in [0.5, 0.6) is 0 Å². The van der Waals surface area contributed by atoms with E-state index in [9.17, 15) is 4.79 Å². The van der Waals surface area contributed by atoms with Gasteiger partial charge < -0.3 is 14.2 Å². The Morgan fingerprint density at radius 2 is 2.24 bits per heavy atom. The van der Waals surface area contributed by atoms with Gasteiger partial charge in [-0.2, -0.15) is 0 Å². The molecule has 4 heteroatoms. The van der Waals surface area contributed by atoms with Crippen molar-refractivity contribution < 1.29 is 19.0 Å². The molecule has 3 atom stereocenters. The molecule has 0 saturated carbocycles.